The predicted molar refractivity (Wildman–Crippen MR) is 73.1 cm³/mol. The van der Waals surface area contributed by atoms with Crippen molar-refractivity contribution in [3.8, 4) is 0 Å². The molecule has 118 valence electrons. The second-order valence-electron chi connectivity index (χ2n) is 5.74. The Balaban J connectivity index is 1.74. The molecular formula is C15H15F3N2O2. The summed E-state index contributed by atoms with van der Waals surface area (Å²) in [5.41, 5.74) is -0.620. The summed E-state index contributed by atoms with van der Waals surface area (Å²) in [6.07, 6.45) is -2.52. The molecule has 2 fully saturated rings. The van der Waals surface area contributed by atoms with Gasteiger partial charge in [-0.3, -0.25) is 9.59 Å². The summed E-state index contributed by atoms with van der Waals surface area (Å²) in [4.78, 5) is 25.2. The van der Waals surface area contributed by atoms with Crippen LogP contribution >= 0.6 is 0 Å². The molecule has 0 radical (unpaired) electrons. The molecule has 1 aromatic rings. The van der Waals surface area contributed by atoms with Gasteiger partial charge < -0.3 is 10.2 Å². The highest BCUT2D eigenvalue weighted by Gasteiger charge is 2.38. The summed E-state index contributed by atoms with van der Waals surface area (Å²) in [7, 11) is 0. The Kier molecular flexibility index (Phi) is 3.58. The van der Waals surface area contributed by atoms with Gasteiger partial charge in [-0.05, 0) is 31.0 Å². The van der Waals surface area contributed by atoms with Gasteiger partial charge in [0, 0.05) is 24.7 Å². The fourth-order valence-corrected chi connectivity index (χ4v) is 2.53. The number of amides is 2. The molecule has 2 amide bonds. The number of nitrogens with zero attached hydrogens (tertiary/aromatic N) is 1. The van der Waals surface area contributed by atoms with Crippen molar-refractivity contribution < 1.29 is 22.8 Å². The molecule has 22 heavy (non-hydrogen) atoms. The van der Waals surface area contributed by atoms with E-state index >= 15 is 0 Å². The van der Waals surface area contributed by atoms with Crippen molar-refractivity contribution >= 4 is 17.5 Å². The molecule has 1 saturated heterocycles. The second kappa shape index (κ2) is 5.30. The van der Waals surface area contributed by atoms with E-state index < -0.39 is 17.7 Å². The summed E-state index contributed by atoms with van der Waals surface area (Å²) in [6, 6.07) is 4.82. The largest absolute Gasteiger partial charge is 0.416 e. The Bertz CT molecular complexity index is 611. The van der Waals surface area contributed by atoms with Gasteiger partial charge in [0.05, 0.1) is 11.5 Å². The molecule has 1 unspecified atom stereocenters. The lowest BCUT2D eigenvalue weighted by Gasteiger charge is -2.18. The summed E-state index contributed by atoms with van der Waals surface area (Å²) >= 11 is 0. The van der Waals surface area contributed by atoms with Gasteiger partial charge in [0.15, 0.2) is 0 Å². The van der Waals surface area contributed by atoms with E-state index in [1.807, 2.05) is 0 Å². The first-order valence-corrected chi connectivity index (χ1v) is 7.12. The maximum Gasteiger partial charge on any atom is 0.416 e. The van der Waals surface area contributed by atoms with Gasteiger partial charge >= 0.3 is 6.18 Å². The van der Waals surface area contributed by atoms with Crippen LogP contribution in [-0.2, 0) is 15.8 Å². The number of hydrogen-bond acceptors (Lipinski definition) is 2. The average molecular weight is 312 g/mol. The third-order valence-corrected chi connectivity index (χ3v) is 3.90. The highest BCUT2D eigenvalue weighted by molar-refractivity contribution is 6.00. The van der Waals surface area contributed by atoms with Gasteiger partial charge in [-0.25, -0.2) is 0 Å². The third-order valence-electron chi connectivity index (χ3n) is 3.90. The van der Waals surface area contributed by atoms with E-state index in [0.717, 1.165) is 25.0 Å². The van der Waals surface area contributed by atoms with Crippen molar-refractivity contribution in [2.75, 3.05) is 11.4 Å². The van der Waals surface area contributed by atoms with Crippen LogP contribution in [0.1, 0.15) is 24.8 Å². The molecular weight excluding hydrogens is 297 g/mol. The first-order chi connectivity index (χ1) is 10.3. The SMILES string of the molecule is O=C(NC1CC1)C1CC(=O)N(c2cccc(C(F)(F)F)c2)C1. The van der Waals surface area contributed by atoms with Gasteiger partial charge in [-0.15, -0.1) is 0 Å². The molecule has 3 rings (SSSR count). The van der Waals surface area contributed by atoms with E-state index in [0.29, 0.717) is 0 Å². The minimum atomic E-state index is -4.46. The number of alkyl halides is 3. The predicted octanol–water partition coefficient (Wildman–Crippen LogP) is 2.34. The lowest BCUT2D eigenvalue weighted by Crippen LogP contribution is -2.34. The first-order valence-electron chi connectivity index (χ1n) is 7.12. The fraction of sp³-hybridized carbons (Fsp3) is 0.467. The van der Waals surface area contributed by atoms with Crippen molar-refractivity contribution in [2.45, 2.75) is 31.5 Å². The maximum absolute atomic E-state index is 12.7. The molecule has 1 aliphatic carbocycles. The van der Waals surface area contributed by atoms with E-state index in [2.05, 4.69) is 5.32 Å². The molecule has 0 bridgehead atoms. The van der Waals surface area contributed by atoms with Gasteiger partial charge in [0.25, 0.3) is 0 Å². The van der Waals surface area contributed by atoms with E-state index in [4.69, 9.17) is 0 Å². The summed E-state index contributed by atoms with van der Waals surface area (Å²) in [5, 5.41) is 2.83. The average Bonchev–Trinajstić information content (AvgIpc) is 3.18. The monoisotopic (exact) mass is 312 g/mol. The van der Waals surface area contributed by atoms with Crippen LogP contribution in [0.15, 0.2) is 24.3 Å². The quantitative estimate of drug-likeness (QED) is 0.931. The number of carbonyl (C=O) groups is 2. The van der Waals surface area contributed by atoms with Crippen LogP contribution in [0.2, 0.25) is 0 Å². The minimum Gasteiger partial charge on any atom is -0.353 e. The number of halogens is 3. The van der Waals surface area contributed by atoms with E-state index in [1.165, 1.54) is 17.0 Å². The van der Waals surface area contributed by atoms with Crippen LogP contribution in [-0.4, -0.2) is 24.4 Å². The number of carbonyl (C=O) groups excluding carboxylic acids is 2. The number of rotatable bonds is 3. The van der Waals surface area contributed by atoms with Crippen LogP contribution in [0.4, 0.5) is 18.9 Å². The van der Waals surface area contributed by atoms with Crippen molar-refractivity contribution in [1.29, 1.82) is 0 Å². The zero-order valence-corrected chi connectivity index (χ0v) is 11.7. The maximum atomic E-state index is 12.7. The van der Waals surface area contributed by atoms with Crippen molar-refractivity contribution in [3.63, 3.8) is 0 Å². The Morgan fingerprint density at radius 3 is 2.64 bits per heavy atom. The number of hydrogen-bond donors (Lipinski definition) is 1. The molecule has 1 saturated carbocycles. The molecule has 1 atom stereocenters. The zero-order valence-electron chi connectivity index (χ0n) is 11.7. The normalized spacial score (nSPS) is 22.0. The van der Waals surface area contributed by atoms with Gasteiger partial charge in [-0.2, -0.15) is 13.2 Å². The van der Waals surface area contributed by atoms with Gasteiger partial charge in [-0.1, -0.05) is 6.07 Å². The smallest absolute Gasteiger partial charge is 0.353 e. The molecule has 0 aromatic heterocycles. The molecule has 2 aliphatic rings. The number of nitrogens with one attached hydrogen (secondary N) is 1. The van der Waals surface area contributed by atoms with Gasteiger partial charge in [0.1, 0.15) is 0 Å². The molecule has 1 N–H and O–H groups in total. The fourth-order valence-electron chi connectivity index (χ4n) is 2.53. The first kappa shape index (κ1) is 14.9. The Morgan fingerprint density at radius 2 is 2.00 bits per heavy atom. The van der Waals surface area contributed by atoms with Crippen LogP contribution in [0.3, 0.4) is 0 Å². The molecule has 1 aromatic carbocycles. The number of anilines is 1. The minimum absolute atomic E-state index is 0.0365. The van der Waals surface area contributed by atoms with Crippen molar-refractivity contribution in [1.82, 2.24) is 5.32 Å². The van der Waals surface area contributed by atoms with Crippen molar-refractivity contribution in [3.05, 3.63) is 29.8 Å². The van der Waals surface area contributed by atoms with Crippen LogP contribution in [0.25, 0.3) is 0 Å². The van der Waals surface area contributed by atoms with E-state index in [1.54, 1.807) is 0 Å². The van der Waals surface area contributed by atoms with Crippen LogP contribution < -0.4 is 10.2 Å². The number of benzene rings is 1. The zero-order chi connectivity index (χ0) is 15.9. The molecule has 1 heterocycles. The molecule has 0 spiro atoms. The molecule has 1 aliphatic heterocycles. The van der Waals surface area contributed by atoms with Crippen LogP contribution in [0, 0.1) is 5.92 Å². The summed E-state index contributed by atoms with van der Waals surface area (Å²) in [5.74, 6) is -1.01. The third kappa shape index (κ3) is 3.08. The van der Waals surface area contributed by atoms with E-state index in [-0.39, 0.29) is 36.5 Å². The van der Waals surface area contributed by atoms with Crippen molar-refractivity contribution in [2.24, 2.45) is 5.92 Å². The standard InChI is InChI=1S/C15H15F3N2O2/c16-15(17,18)10-2-1-3-12(7-10)20-8-9(6-13(20)21)14(22)19-11-4-5-11/h1-3,7,9,11H,4-6,8H2,(H,19,22). The highest BCUT2D eigenvalue weighted by Crippen LogP contribution is 2.33. The second-order valence-corrected chi connectivity index (χ2v) is 5.74. The molecule has 4 nitrogen and oxygen atoms in total. The lowest BCUT2D eigenvalue weighted by molar-refractivity contribution is -0.137. The lowest BCUT2D eigenvalue weighted by atomic mass is 10.1. The van der Waals surface area contributed by atoms with Gasteiger partial charge in [0.2, 0.25) is 11.8 Å². The topological polar surface area (TPSA) is 49.4 Å². The van der Waals surface area contributed by atoms with Crippen LogP contribution in [0.5, 0.6) is 0 Å². The van der Waals surface area contributed by atoms with E-state index in [9.17, 15) is 22.8 Å². The summed E-state index contributed by atoms with van der Waals surface area (Å²) in [6.45, 7) is 0.124. The molecule has 7 heteroatoms. The Morgan fingerprint density at radius 1 is 1.27 bits per heavy atom. The summed E-state index contributed by atoms with van der Waals surface area (Å²) < 4.78 is 38.2. The Labute approximate surface area is 125 Å². The Hall–Kier alpha value is -2.05. The highest BCUT2D eigenvalue weighted by atomic mass is 19.4.